The number of hydrogen-bond donors (Lipinski definition) is 1. The highest BCUT2D eigenvalue weighted by Crippen LogP contribution is 2.22. The highest BCUT2D eigenvalue weighted by Gasteiger charge is 2.19. The molecule has 0 bridgehead atoms. The molecule has 0 aliphatic carbocycles. The normalized spacial score (nSPS) is 20.3. The second-order valence-electron chi connectivity index (χ2n) is 4.55. The fourth-order valence-electron chi connectivity index (χ4n) is 1.95. The standard InChI is InChI=1S/C12H19N3O3S/c1-8-10(11(16)17-3)14-12(19-8)13-6-9-7-15(2)4-5-18-9/h9H,4-7H2,1-3H3,(H,13,14). The number of aryl methyl sites for hydroxylation is 1. The number of likely N-dealkylation sites (N-methyl/N-ethyl adjacent to an activating group) is 1. The van der Waals surface area contributed by atoms with Crippen LogP contribution in [0, 0.1) is 6.92 Å². The maximum atomic E-state index is 11.5. The molecule has 0 saturated carbocycles. The lowest BCUT2D eigenvalue weighted by molar-refractivity contribution is -0.0117. The Hall–Kier alpha value is -1.18. The first-order valence-electron chi connectivity index (χ1n) is 6.20. The number of carbonyl (C=O) groups is 1. The number of nitrogens with zero attached hydrogens (tertiary/aromatic N) is 2. The highest BCUT2D eigenvalue weighted by atomic mass is 32.1. The molecule has 7 heteroatoms. The number of rotatable bonds is 4. The number of esters is 1. The van der Waals surface area contributed by atoms with Gasteiger partial charge in [0.05, 0.1) is 19.8 Å². The Morgan fingerprint density at radius 1 is 1.68 bits per heavy atom. The summed E-state index contributed by atoms with van der Waals surface area (Å²) in [5.74, 6) is -0.393. The number of anilines is 1. The molecule has 1 saturated heterocycles. The maximum Gasteiger partial charge on any atom is 0.357 e. The fraction of sp³-hybridized carbons (Fsp3) is 0.667. The van der Waals surface area contributed by atoms with E-state index in [1.165, 1.54) is 18.4 Å². The molecule has 2 heterocycles. The van der Waals surface area contributed by atoms with Crippen molar-refractivity contribution in [3.05, 3.63) is 10.6 Å². The Bertz CT molecular complexity index is 449. The molecule has 1 unspecified atom stereocenters. The quantitative estimate of drug-likeness (QED) is 0.832. The Labute approximate surface area is 116 Å². The van der Waals surface area contributed by atoms with Gasteiger partial charge in [-0.25, -0.2) is 9.78 Å². The number of nitrogens with one attached hydrogen (secondary N) is 1. The van der Waals surface area contributed by atoms with Gasteiger partial charge in [0.25, 0.3) is 0 Å². The zero-order valence-electron chi connectivity index (χ0n) is 11.4. The number of morpholine rings is 1. The second-order valence-corrected chi connectivity index (χ2v) is 5.75. The minimum absolute atomic E-state index is 0.157. The number of hydrogen-bond acceptors (Lipinski definition) is 7. The Kier molecular flexibility index (Phi) is 4.73. The molecule has 1 atom stereocenters. The van der Waals surface area contributed by atoms with Crippen LogP contribution in [0.1, 0.15) is 15.4 Å². The summed E-state index contributed by atoms with van der Waals surface area (Å²) in [7, 11) is 3.44. The van der Waals surface area contributed by atoms with Crippen LogP contribution in [-0.2, 0) is 9.47 Å². The molecule has 19 heavy (non-hydrogen) atoms. The van der Waals surface area contributed by atoms with Crippen LogP contribution in [0.5, 0.6) is 0 Å². The predicted octanol–water partition coefficient (Wildman–Crippen LogP) is 0.981. The van der Waals surface area contributed by atoms with Gasteiger partial charge >= 0.3 is 5.97 Å². The third kappa shape index (κ3) is 3.65. The van der Waals surface area contributed by atoms with Crippen LogP contribution in [0.3, 0.4) is 0 Å². The van der Waals surface area contributed by atoms with E-state index in [0.717, 1.165) is 29.7 Å². The average molecular weight is 285 g/mol. The predicted molar refractivity (Wildman–Crippen MR) is 73.9 cm³/mol. The summed E-state index contributed by atoms with van der Waals surface area (Å²) in [6, 6.07) is 0. The van der Waals surface area contributed by atoms with E-state index in [1.807, 2.05) is 6.92 Å². The second kappa shape index (κ2) is 6.31. The average Bonchev–Trinajstić information content (AvgIpc) is 2.77. The van der Waals surface area contributed by atoms with Gasteiger partial charge in [-0.05, 0) is 14.0 Å². The molecule has 0 radical (unpaired) electrons. The smallest absolute Gasteiger partial charge is 0.357 e. The third-order valence-corrected chi connectivity index (χ3v) is 3.93. The van der Waals surface area contributed by atoms with Crippen molar-refractivity contribution in [1.82, 2.24) is 9.88 Å². The van der Waals surface area contributed by atoms with Crippen molar-refractivity contribution in [3.8, 4) is 0 Å². The molecule has 1 aromatic rings. The summed E-state index contributed by atoms with van der Waals surface area (Å²) in [6.45, 7) is 5.19. The summed E-state index contributed by atoms with van der Waals surface area (Å²) in [6.07, 6.45) is 0.157. The van der Waals surface area contributed by atoms with E-state index >= 15 is 0 Å². The third-order valence-electron chi connectivity index (χ3n) is 3.00. The summed E-state index contributed by atoms with van der Waals surface area (Å²) >= 11 is 1.46. The van der Waals surface area contributed by atoms with E-state index in [2.05, 4.69) is 27.0 Å². The topological polar surface area (TPSA) is 63.7 Å². The first-order valence-corrected chi connectivity index (χ1v) is 7.01. The number of thiazole rings is 1. The van der Waals surface area contributed by atoms with Gasteiger partial charge in [0.2, 0.25) is 0 Å². The van der Waals surface area contributed by atoms with Crippen molar-refractivity contribution in [1.29, 1.82) is 0 Å². The Balaban J connectivity index is 1.91. The SMILES string of the molecule is COC(=O)c1nc(NCC2CN(C)CCO2)sc1C. The number of carbonyl (C=O) groups excluding carboxylic acids is 1. The van der Waals surface area contributed by atoms with Crippen LogP contribution in [0.25, 0.3) is 0 Å². The zero-order chi connectivity index (χ0) is 13.8. The molecule has 0 amide bonds. The van der Waals surface area contributed by atoms with Crippen molar-refractivity contribution in [3.63, 3.8) is 0 Å². The molecule has 2 rings (SSSR count). The van der Waals surface area contributed by atoms with Crippen LogP contribution in [0.2, 0.25) is 0 Å². The number of aromatic nitrogens is 1. The van der Waals surface area contributed by atoms with Gasteiger partial charge in [-0.15, -0.1) is 11.3 Å². The van der Waals surface area contributed by atoms with Crippen molar-refractivity contribution in [2.24, 2.45) is 0 Å². The van der Waals surface area contributed by atoms with Gasteiger partial charge < -0.3 is 19.7 Å². The summed E-state index contributed by atoms with van der Waals surface area (Å²) in [5, 5.41) is 3.95. The minimum atomic E-state index is -0.393. The van der Waals surface area contributed by atoms with Gasteiger partial charge in [-0.3, -0.25) is 0 Å². The van der Waals surface area contributed by atoms with E-state index in [9.17, 15) is 4.79 Å². The molecule has 6 nitrogen and oxygen atoms in total. The molecule has 1 N–H and O–H groups in total. The first kappa shape index (κ1) is 14.2. The lowest BCUT2D eigenvalue weighted by Crippen LogP contribution is -2.43. The number of ether oxygens (including phenoxy) is 2. The summed E-state index contributed by atoms with van der Waals surface area (Å²) < 4.78 is 10.3. The van der Waals surface area contributed by atoms with E-state index in [4.69, 9.17) is 4.74 Å². The van der Waals surface area contributed by atoms with E-state index in [0.29, 0.717) is 12.2 Å². The van der Waals surface area contributed by atoms with Crippen LogP contribution < -0.4 is 5.32 Å². The molecule has 0 spiro atoms. The van der Waals surface area contributed by atoms with Gasteiger partial charge in [0.15, 0.2) is 10.8 Å². The van der Waals surface area contributed by atoms with Crippen molar-refractivity contribution in [2.45, 2.75) is 13.0 Å². The van der Waals surface area contributed by atoms with Gasteiger partial charge in [0, 0.05) is 24.5 Å². The van der Waals surface area contributed by atoms with Crippen LogP contribution in [0.15, 0.2) is 0 Å². The van der Waals surface area contributed by atoms with Crippen molar-refractivity contribution in [2.75, 3.05) is 45.7 Å². The summed E-state index contributed by atoms with van der Waals surface area (Å²) in [4.78, 5) is 18.8. The maximum absolute atomic E-state index is 11.5. The molecule has 1 aliphatic heterocycles. The van der Waals surface area contributed by atoms with Gasteiger partial charge in [0.1, 0.15) is 0 Å². The first-order chi connectivity index (χ1) is 9.10. The molecule has 1 fully saturated rings. The highest BCUT2D eigenvalue weighted by molar-refractivity contribution is 7.15. The number of methoxy groups -OCH3 is 1. The fourth-order valence-corrected chi connectivity index (χ4v) is 2.76. The lowest BCUT2D eigenvalue weighted by Gasteiger charge is -2.29. The monoisotopic (exact) mass is 285 g/mol. The zero-order valence-corrected chi connectivity index (χ0v) is 12.2. The Morgan fingerprint density at radius 3 is 3.16 bits per heavy atom. The molecule has 1 aromatic heterocycles. The van der Waals surface area contributed by atoms with E-state index < -0.39 is 5.97 Å². The van der Waals surface area contributed by atoms with Gasteiger partial charge in [-0.1, -0.05) is 0 Å². The van der Waals surface area contributed by atoms with Crippen LogP contribution >= 0.6 is 11.3 Å². The van der Waals surface area contributed by atoms with Crippen molar-refractivity contribution < 1.29 is 14.3 Å². The molecule has 0 aromatic carbocycles. The van der Waals surface area contributed by atoms with E-state index in [1.54, 1.807) is 0 Å². The largest absolute Gasteiger partial charge is 0.464 e. The molecule has 106 valence electrons. The molecule has 1 aliphatic rings. The summed E-state index contributed by atoms with van der Waals surface area (Å²) in [5.41, 5.74) is 0.386. The minimum Gasteiger partial charge on any atom is -0.464 e. The van der Waals surface area contributed by atoms with E-state index in [-0.39, 0.29) is 6.10 Å². The van der Waals surface area contributed by atoms with Crippen LogP contribution in [0.4, 0.5) is 5.13 Å². The molecular formula is C12H19N3O3S. The lowest BCUT2D eigenvalue weighted by atomic mass is 10.3. The molecular weight excluding hydrogens is 266 g/mol. The van der Waals surface area contributed by atoms with Crippen LogP contribution in [-0.4, -0.2) is 62.4 Å². The Morgan fingerprint density at radius 2 is 2.47 bits per heavy atom. The van der Waals surface area contributed by atoms with Gasteiger partial charge in [-0.2, -0.15) is 0 Å². The van der Waals surface area contributed by atoms with Crippen molar-refractivity contribution >= 4 is 22.4 Å².